The highest BCUT2D eigenvalue weighted by molar-refractivity contribution is 6.11. The van der Waals surface area contributed by atoms with Crippen molar-refractivity contribution in [1.29, 1.82) is 0 Å². The number of rotatable bonds is 8. The number of nitro groups is 1. The lowest BCUT2D eigenvalue weighted by Gasteiger charge is -2.14. The third kappa shape index (κ3) is 5.62. The average molecular weight is 461 g/mol. The first kappa shape index (κ1) is 23.7. The van der Waals surface area contributed by atoms with Gasteiger partial charge in [0, 0.05) is 11.6 Å². The second-order valence-electron chi connectivity index (χ2n) is 6.87. The van der Waals surface area contributed by atoms with E-state index in [0.29, 0.717) is 0 Å². The molecule has 0 saturated carbocycles. The lowest BCUT2D eigenvalue weighted by molar-refractivity contribution is -0.385. The number of para-hydroxylation sites is 1. The summed E-state index contributed by atoms with van der Waals surface area (Å²) >= 11 is 0. The molecule has 3 aromatic rings. The van der Waals surface area contributed by atoms with Gasteiger partial charge in [-0.1, -0.05) is 30.3 Å². The number of hydrogen-bond acceptors (Lipinski definition) is 6. The highest BCUT2D eigenvalue weighted by Crippen LogP contribution is 2.27. The molecule has 0 atom stereocenters. The van der Waals surface area contributed by atoms with Crippen molar-refractivity contribution in [3.05, 3.63) is 105 Å². The zero-order valence-electron chi connectivity index (χ0n) is 17.8. The van der Waals surface area contributed by atoms with Crippen molar-refractivity contribution in [2.24, 2.45) is 0 Å². The molecule has 0 aliphatic carbocycles. The fraction of sp³-hybridized carbons (Fsp3) is 0.0417. The number of carboxylic acids is 1. The molecule has 10 heteroatoms. The van der Waals surface area contributed by atoms with Gasteiger partial charge >= 0.3 is 5.97 Å². The van der Waals surface area contributed by atoms with Gasteiger partial charge in [0.15, 0.2) is 0 Å². The third-order valence-corrected chi connectivity index (χ3v) is 4.66. The number of carboxylic acid groups (broad SMARTS) is 1. The van der Waals surface area contributed by atoms with E-state index in [4.69, 9.17) is 4.74 Å². The van der Waals surface area contributed by atoms with Crippen LogP contribution in [0.5, 0.6) is 5.75 Å². The summed E-state index contributed by atoms with van der Waals surface area (Å²) in [6, 6.07) is 17.6. The van der Waals surface area contributed by atoms with Gasteiger partial charge in [0.25, 0.3) is 17.5 Å². The molecule has 0 saturated heterocycles. The van der Waals surface area contributed by atoms with E-state index in [2.05, 4.69) is 10.6 Å². The number of nitrogens with zero attached hydrogens (tertiary/aromatic N) is 1. The smallest absolute Gasteiger partial charge is 0.335 e. The van der Waals surface area contributed by atoms with Gasteiger partial charge in [0.2, 0.25) is 0 Å². The molecule has 0 unspecified atom stereocenters. The Balaban J connectivity index is 2.03. The number of anilines is 1. The largest absolute Gasteiger partial charge is 0.495 e. The van der Waals surface area contributed by atoms with Gasteiger partial charge in [-0.05, 0) is 42.5 Å². The minimum absolute atomic E-state index is 0.0369. The lowest BCUT2D eigenvalue weighted by Crippen LogP contribution is -2.31. The highest BCUT2D eigenvalue weighted by Gasteiger charge is 2.20. The van der Waals surface area contributed by atoms with Crippen molar-refractivity contribution in [2.45, 2.75) is 0 Å². The number of methoxy groups -OCH3 is 1. The molecule has 0 aliphatic heterocycles. The molecule has 3 rings (SSSR count). The van der Waals surface area contributed by atoms with Crippen molar-refractivity contribution in [3.63, 3.8) is 0 Å². The Kier molecular flexibility index (Phi) is 7.34. The van der Waals surface area contributed by atoms with Crippen molar-refractivity contribution >= 4 is 35.2 Å². The number of amides is 2. The Bertz CT molecular complexity index is 1290. The molecule has 172 valence electrons. The number of carbonyl (C=O) groups is 3. The number of carbonyl (C=O) groups excluding carboxylic acids is 2. The average Bonchev–Trinajstić information content (AvgIpc) is 2.84. The Labute approximate surface area is 193 Å². The van der Waals surface area contributed by atoms with E-state index >= 15 is 0 Å². The summed E-state index contributed by atoms with van der Waals surface area (Å²) in [6.07, 6.45) is 1.17. The SMILES string of the molecule is COc1ccc(C(=O)O)cc1NC(=O)/C(=C/c1ccccc1[N+](=O)[O-])NC(=O)c1ccccc1. The van der Waals surface area contributed by atoms with Crippen LogP contribution in [0.4, 0.5) is 11.4 Å². The maximum absolute atomic E-state index is 13.1. The number of nitrogens with one attached hydrogen (secondary N) is 2. The van der Waals surface area contributed by atoms with Crippen molar-refractivity contribution in [1.82, 2.24) is 5.32 Å². The molecule has 2 amide bonds. The first-order chi connectivity index (χ1) is 16.3. The number of nitro benzene ring substituents is 1. The normalized spacial score (nSPS) is 10.8. The molecule has 34 heavy (non-hydrogen) atoms. The van der Waals surface area contributed by atoms with Crippen LogP contribution in [-0.2, 0) is 4.79 Å². The van der Waals surface area contributed by atoms with E-state index in [9.17, 15) is 29.6 Å². The maximum atomic E-state index is 13.1. The van der Waals surface area contributed by atoms with Crippen LogP contribution in [0.1, 0.15) is 26.3 Å². The topological polar surface area (TPSA) is 148 Å². The molecule has 0 spiro atoms. The maximum Gasteiger partial charge on any atom is 0.335 e. The number of ether oxygens (including phenoxy) is 1. The first-order valence-corrected chi connectivity index (χ1v) is 9.84. The molecule has 10 nitrogen and oxygen atoms in total. The van der Waals surface area contributed by atoms with Crippen LogP contribution in [0.25, 0.3) is 6.08 Å². The summed E-state index contributed by atoms with van der Waals surface area (Å²) < 4.78 is 5.18. The standard InChI is InChI=1S/C24H19N3O7/c1-34-21-12-11-17(24(30)31)14-18(21)25-23(29)19(26-22(28)15-7-3-2-4-8-15)13-16-9-5-6-10-20(16)27(32)33/h2-14H,1H3,(H,25,29)(H,26,28)(H,30,31)/b19-13-. The highest BCUT2D eigenvalue weighted by atomic mass is 16.6. The third-order valence-electron chi connectivity index (χ3n) is 4.66. The van der Waals surface area contributed by atoms with E-state index < -0.39 is 22.7 Å². The second kappa shape index (κ2) is 10.6. The summed E-state index contributed by atoms with van der Waals surface area (Å²) in [4.78, 5) is 48.0. The summed E-state index contributed by atoms with van der Waals surface area (Å²) in [7, 11) is 1.34. The van der Waals surface area contributed by atoms with Gasteiger partial charge in [-0.2, -0.15) is 0 Å². The van der Waals surface area contributed by atoms with Crippen molar-refractivity contribution < 1.29 is 29.2 Å². The van der Waals surface area contributed by atoms with Gasteiger partial charge in [0.05, 0.1) is 28.8 Å². The predicted octanol–water partition coefficient (Wildman–Crippen LogP) is 3.71. The van der Waals surface area contributed by atoms with Crippen LogP contribution in [0.3, 0.4) is 0 Å². The molecular weight excluding hydrogens is 442 g/mol. The molecule has 0 bridgehead atoms. The van der Waals surface area contributed by atoms with Gasteiger partial charge < -0.3 is 20.5 Å². The van der Waals surface area contributed by atoms with E-state index in [1.807, 2.05) is 0 Å². The fourth-order valence-electron chi connectivity index (χ4n) is 3.00. The van der Waals surface area contributed by atoms with Crippen LogP contribution in [-0.4, -0.2) is 34.9 Å². The minimum atomic E-state index is -1.22. The Morgan fingerprint density at radius 2 is 1.65 bits per heavy atom. The molecule has 0 aliphatic rings. The van der Waals surface area contributed by atoms with E-state index in [1.54, 1.807) is 24.3 Å². The molecule has 0 heterocycles. The molecule has 0 radical (unpaired) electrons. The molecule has 3 aromatic carbocycles. The van der Waals surface area contributed by atoms with Crippen molar-refractivity contribution in [3.8, 4) is 5.75 Å². The molecular formula is C24H19N3O7. The summed E-state index contributed by atoms with van der Waals surface area (Å²) in [5.74, 6) is -2.50. The lowest BCUT2D eigenvalue weighted by atomic mass is 10.1. The molecule has 0 fully saturated rings. The van der Waals surface area contributed by atoms with Crippen LogP contribution >= 0.6 is 0 Å². The summed E-state index contributed by atoms with van der Waals surface area (Å²) in [6.45, 7) is 0. The van der Waals surface area contributed by atoms with Crippen LogP contribution in [0, 0.1) is 10.1 Å². The number of benzene rings is 3. The monoisotopic (exact) mass is 461 g/mol. The van der Waals surface area contributed by atoms with Crippen LogP contribution in [0.15, 0.2) is 78.5 Å². The predicted molar refractivity (Wildman–Crippen MR) is 124 cm³/mol. The van der Waals surface area contributed by atoms with Crippen molar-refractivity contribution in [2.75, 3.05) is 12.4 Å². The van der Waals surface area contributed by atoms with Gasteiger partial charge in [-0.3, -0.25) is 19.7 Å². The van der Waals surface area contributed by atoms with Gasteiger partial charge in [-0.15, -0.1) is 0 Å². The van der Waals surface area contributed by atoms with Gasteiger partial charge in [-0.25, -0.2) is 4.79 Å². The zero-order valence-corrected chi connectivity index (χ0v) is 17.8. The van der Waals surface area contributed by atoms with E-state index in [-0.39, 0.29) is 39.5 Å². The Morgan fingerprint density at radius 1 is 0.971 bits per heavy atom. The Morgan fingerprint density at radius 3 is 2.29 bits per heavy atom. The molecule has 3 N–H and O–H groups in total. The first-order valence-electron chi connectivity index (χ1n) is 9.84. The minimum Gasteiger partial charge on any atom is -0.495 e. The zero-order chi connectivity index (χ0) is 24.7. The fourth-order valence-corrected chi connectivity index (χ4v) is 3.00. The van der Waals surface area contributed by atoms with Crippen LogP contribution < -0.4 is 15.4 Å². The quantitative estimate of drug-likeness (QED) is 0.263. The number of aromatic carboxylic acids is 1. The Hall–Kier alpha value is -4.99. The van der Waals surface area contributed by atoms with E-state index in [0.717, 1.165) is 0 Å². The number of hydrogen-bond donors (Lipinski definition) is 3. The molecule has 0 aromatic heterocycles. The second-order valence-corrected chi connectivity index (χ2v) is 6.87. The summed E-state index contributed by atoms with van der Waals surface area (Å²) in [5, 5.41) is 25.6. The van der Waals surface area contributed by atoms with Gasteiger partial charge in [0.1, 0.15) is 11.4 Å². The summed E-state index contributed by atoms with van der Waals surface area (Å²) in [5.41, 5.74) is -0.298. The van der Waals surface area contributed by atoms with E-state index in [1.165, 1.54) is 61.7 Å². The van der Waals surface area contributed by atoms with Crippen LogP contribution in [0.2, 0.25) is 0 Å².